The first-order valence-corrected chi connectivity index (χ1v) is 11.9. The molecule has 0 aromatic carbocycles. The molecule has 1 amide bonds. The molecule has 9 nitrogen and oxygen atoms in total. The minimum absolute atomic E-state index is 0.00376. The van der Waals surface area contributed by atoms with Crippen LogP contribution in [0.25, 0.3) is 10.9 Å². The fourth-order valence-corrected chi connectivity index (χ4v) is 5.97. The highest BCUT2D eigenvalue weighted by atomic mass is 35.5. The molecule has 2 aromatic heterocycles. The highest BCUT2D eigenvalue weighted by molar-refractivity contribution is 6.30. The molecule has 1 N–H and O–H groups in total. The quantitative estimate of drug-likeness (QED) is 0.509. The predicted molar refractivity (Wildman–Crippen MR) is 119 cm³/mol. The van der Waals surface area contributed by atoms with Gasteiger partial charge in [0.2, 0.25) is 5.91 Å². The van der Waals surface area contributed by atoms with Crippen LogP contribution in [0.15, 0.2) is 6.20 Å². The number of anilines is 1. The van der Waals surface area contributed by atoms with Crippen LogP contribution >= 0.6 is 11.6 Å². The van der Waals surface area contributed by atoms with Gasteiger partial charge in [-0.1, -0.05) is 11.6 Å². The molecular formula is C22H25ClF2N6O3. The maximum atomic E-state index is 15.0. The zero-order valence-electron chi connectivity index (χ0n) is 18.5. The number of halogens is 3. The average Bonchev–Trinajstić information content (AvgIpc) is 3.21. The summed E-state index contributed by atoms with van der Waals surface area (Å²) in [4.78, 5) is 28.6. The molecule has 4 aliphatic rings. The second-order valence-corrected chi connectivity index (χ2v) is 10.2. The van der Waals surface area contributed by atoms with E-state index in [4.69, 9.17) is 21.1 Å². The van der Waals surface area contributed by atoms with Gasteiger partial charge in [0.25, 0.3) is 0 Å². The number of alkyl halides is 1. The molecule has 0 radical (unpaired) electrons. The zero-order valence-corrected chi connectivity index (χ0v) is 19.3. The van der Waals surface area contributed by atoms with E-state index in [0.717, 1.165) is 19.4 Å². The van der Waals surface area contributed by atoms with Crippen LogP contribution in [0.4, 0.5) is 14.6 Å². The van der Waals surface area contributed by atoms with Gasteiger partial charge >= 0.3 is 6.01 Å². The van der Waals surface area contributed by atoms with Crippen LogP contribution in [-0.4, -0.2) is 89.0 Å². The predicted octanol–water partition coefficient (Wildman–Crippen LogP) is 1.87. The van der Waals surface area contributed by atoms with Crippen LogP contribution in [0.5, 0.6) is 6.01 Å². The molecule has 4 fully saturated rings. The van der Waals surface area contributed by atoms with Crippen molar-refractivity contribution in [3.05, 3.63) is 17.2 Å². The number of pyridine rings is 1. The Bertz CT molecular complexity index is 1150. The molecule has 0 aliphatic carbocycles. The average molecular weight is 495 g/mol. The van der Waals surface area contributed by atoms with E-state index in [0.29, 0.717) is 56.9 Å². The van der Waals surface area contributed by atoms with Crippen LogP contribution in [0, 0.1) is 5.82 Å². The number of carbonyl (C=O) groups excluding carboxylic acids is 1. The van der Waals surface area contributed by atoms with Gasteiger partial charge in [0.1, 0.15) is 24.1 Å². The number of rotatable bonds is 4. The lowest BCUT2D eigenvalue weighted by Crippen LogP contribution is -2.67. The van der Waals surface area contributed by atoms with E-state index in [1.54, 1.807) is 0 Å². The number of ether oxygens (including phenoxy) is 2. The first-order valence-electron chi connectivity index (χ1n) is 11.5. The molecule has 4 saturated heterocycles. The van der Waals surface area contributed by atoms with Gasteiger partial charge in [0.15, 0.2) is 11.0 Å². The van der Waals surface area contributed by atoms with E-state index in [1.165, 1.54) is 6.20 Å². The third kappa shape index (κ3) is 3.64. The van der Waals surface area contributed by atoms with Crippen LogP contribution < -0.4 is 15.0 Å². The van der Waals surface area contributed by atoms with Crippen LogP contribution in [0.3, 0.4) is 0 Å². The number of aromatic nitrogens is 3. The van der Waals surface area contributed by atoms with E-state index in [-0.39, 0.29) is 34.7 Å². The smallest absolute Gasteiger partial charge is 0.319 e. The van der Waals surface area contributed by atoms with E-state index in [2.05, 4.69) is 25.2 Å². The molecule has 3 atom stereocenters. The molecule has 0 saturated carbocycles. The number of amides is 1. The van der Waals surface area contributed by atoms with E-state index >= 15 is 0 Å². The fourth-order valence-electron chi connectivity index (χ4n) is 5.83. The Morgan fingerprint density at radius 3 is 3.03 bits per heavy atom. The van der Waals surface area contributed by atoms with Gasteiger partial charge in [-0.05, 0) is 19.4 Å². The van der Waals surface area contributed by atoms with Gasteiger partial charge in [0.05, 0.1) is 36.1 Å². The molecule has 0 bridgehead atoms. The maximum Gasteiger partial charge on any atom is 0.319 e. The van der Waals surface area contributed by atoms with Crippen molar-refractivity contribution in [1.29, 1.82) is 0 Å². The lowest BCUT2D eigenvalue weighted by Gasteiger charge is -2.43. The number of nitrogens with one attached hydrogen (secondary N) is 1. The molecule has 2 aromatic rings. The van der Waals surface area contributed by atoms with Crippen LogP contribution in [0.1, 0.15) is 25.7 Å². The Morgan fingerprint density at radius 1 is 1.35 bits per heavy atom. The lowest BCUT2D eigenvalue weighted by atomic mass is 9.87. The SMILES string of the molecule is O=C1CC2(COCCN(c3nc(OC[C@@]45CCCN4C[C@H](F)C5)nc4c(F)c(Cl)ncc34)C2)N1. The number of hydrogen-bond acceptors (Lipinski definition) is 8. The number of fused-ring (bicyclic) bond motifs is 2. The Hall–Kier alpha value is -2.37. The Balaban J connectivity index is 1.36. The summed E-state index contributed by atoms with van der Waals surface area (Å²) >= 11 is 5.95. The monoisotopic (exact) mass is 494 g/mol. The normalized spacial score (nSPS) is 31.4. The van der Waals surface area contributed by atoms with Gasteiger partial charge < -0.3 is 19.7 Å². The first kappa shape index (κ1) is 22.1. The van der Waals surface area contributed by atoms with Crippen molar-refractivity contribution in [2.24, 2.45) is 0 Å². The van der Waals surface area contributed by atoms with E-state index < -0.39 is 17.5 Å². The van der Waals surface area contributed by atoms with Crippen molar-refractivity contribution < 1.29 is 23.0 Å². The number of hydrogen-bond donors (Lipinski definition) is 1. The summed E-state index contributed by atoms with van der Waals surface area (Å²) in [5.74, 6) is -0.356. The topological polar surface area (TPSA) is 92.7 Å². The number of nitrogens with zero attached hydrogens (tertiary/aromatic N) is 5. The van der Waals surface area contributed by atoms with Gasteiger partial charge in [-0.3, -0.25) is 9.69 Å². The lowest BCUT2D eigenvalue weighted by molar-refractivity contribution is -0.134. The Kier molecular flexibility index (Phi) is 5.27. The summed E-state index contributed by atoms with van der Waals surface area (Å²) < 4.78 is 40.9. The molecule has 6 rings (SSSR count). The summed E-state index contributed by atoms with van der Waals surface area (Å²) in [5.41, 5.74) is -0.899. The highest BCUT2D eigenvalue weighted by Gasteiger charge is 2.49. The van der Waals surface area contributed by atoms with Crippen LogP contribution in [0.2, 0.25) is 5.15 Å². The first-order chi connectivity index (χ1) is 16.4. The fraction of sp³-hybridized carbons (Fsp3) is 0.636. The maximum absolute atomic E-state index is 15.0. The molecule has 1 unspecified atom stereocenters. The summed E-state index contributed by atoms with van der Waals surface area (Å²) in [5, 5.41) is 3.04. The van der Waals surface area contributed by atoms with Crippen molar-refractivity contribution >= 4 is 34.2 Å². The minimum atomic E-state index is -0.884. The van der Waals surface area contributed by atoms with E-state index in [1.807, 2.05) is 4.90 Å². The largest absolute Gasteiger partial charge is 0.461 e. The van der Waals surface area contributed by atoms with Crippen molar-refractivity contribution in [1.82, 2.24) is 25.2 Å². The van der Waals surface area contributed by atoms with E-state index in [9.17, 15) is 13.6 Å². The van der Waals surface area contributed by atoms with Crippen molar-refractivity contribution in [3.63, 3.8) is 0 Å². The van der Waals surface area contributed by atoms with Crippen molar-refractivity contribution in [3.8, 4) is 6.01 Å². The third-order valence-corrected chi connectivity index (χ3v) is 7.68. The second-order valence-electron chi connectivity index (χ2n) is 9.80. The molecule has 34 heavy (non-hydrogen) atoms. The van der Waals surface area contributed by atoms with Gasteiger partial charge in [-0.15, -0.1) is 0 Å². The molecule has 6 heterocycles. The summed E-state index contributed by atoms with van der Waals surface area (Å²) in [6.45, 7) is 3.20. The van der Waals surface area contributed by atoms with Gasteiger partial charge in [-0.2, -0.15) is 9.97 Å². The molecule has 1 spiro atoms. The molecule has 4 aliphatic heterocycles. The number of β-lactam (4-membered cyclic amide) rings is 1. The second kappa shape index (κ2) is 8.10. The van der Waals surface area contributed by atoms with Crippen molar-refractivity contribution in [2.45, 2.75) is 42.9 Å². The summed E-state index contributed by atoms with van der Waals surface area (Å²) in [6, 6.07) is 0.00376. The standard InChI is InChI=1S/C22H25ClF2N6O3/c23-18-16(25)17-14(8-26-18)19(30-4-5-33-11-21(10-30)7-15(32)29-21)28-20(27-17)34-12-22-2-1-3-31(22)9-13(24)6-22/h8,13H,1-7,9-12H2,(H,29,32)/t13-,21?,22+/m1/s1. The van der Waals surface area contributed by atoms with Crippen LogP contribution in [-0.2, 0) is 9.53 Å². The minimum Gasteiger partial charge on any atom is -0.461 e. The molecule has 12 heteroatoms. The molecular weight excluding hydrogens is 470 g/mol. The summed E-state index contributed by atoms with van der Waals surface area (Å²) in [7, 11) is 0. The Labute approximate surface area is 199 Å². The highest BCUT2D eigenvalue weighted by Crippen LogP contribution is 2.40. The Morgan fingerprint density at radius 2 is 2.21 bits per heavy atom. The zero-order chi connectivity index (χ0) is 23.5. The summed E-state index contributed by atoms with van der Waals surface area (Å²) in [6.07, 6.45) is 3.13. The number of carbonyl (C=O) groups is 1. The van der Waals surface area contributed by atoms with Gasteiger partial charge in [0, 0.05) is 32.3 Å². The van der Waals surface area contributed by atoms with Gasteiger partial charge in [-0.25, -0.2) is 13.8 Å². The van der Waals surface area contributed by atoms with Crippen molar-refractivity contribution in [2.75, 3.05) is 50.9 Å². The molecule has 182 valence electrons. The third-order valence-electron chi connectivity index (χ3n) is 7.41.